The zero-order valence-electron chi connectivity index (χ0n) is 30.0. The molecular formula is C36H50ClN9O4. The van der Waals surface area contributed by atoms with E-state index in [4.69, 9.17) is 35.6 Å². The SMILES string of the molecule is COCC(C)(C)COc1nn(C2CCC(N3C[C@@H](C)O[C@@H](C)C3)CC2)cc1Nc1ncc(-c2ccc(Cl)c(O[C@@H](C)Cn3cncn3)c2)cn1. The maximum Gasteiger partial charge on any atom is 0.256 e. The molecule has 0 spiro atoms. The van der Waals surface area contributed by atoms with Crippen molar-refractivity contribution < 1.29 is 18.9 Å². The number of aromatic nitrogens is 7. The lowest BCUT2D eigenvalue weighted by Gasteiger charge is -2.42. The summed E-state index contributed by atoms with van der Waals surface area (Å²) in [6.45, 7) is 14.1. The summed E-state index contributed by atoms with van der Waals surface area (Å²) < 4.78 is 27.7. The highest BCUT2D eigenvalue weighted by molar-refractivity contribution is 6.32. The Kier molecular flexibility index (Phi) is 11.6. The molecule has 13 nitrogen and oxygen atoms in total. The molecule has 4 aromatic rings. The summed E-state index contributed by atoms with van der Waals surface area (Å²) in [5.74, 6) is 1.55. The first kappa shape index (κ1) is 36.0. The monoisotopic (exact) mass is 707 g/mol. The maximum absolute atomic E-state index is 6.49. The van der Waals surface area contributed by atoms with Crippen LogP contribution in [0.2, 0.25) is 5.02 Å². The third-order valence-electron chi connectivity index (χ3n) is 9.24. The van der Waals surface area contributed by atoms with Gasteiger partial charge in [0.15, 0.2) is 0 Å². The van der Waals surface area contributed by atoms with Gasteiger partial charge in [-0.15, -0.1) is 5.10 Å². The molecule has 1 N–H and O–H groups in total. The van der Waals surface area contributed by atoms with Crippen LogP contribution in [0.5, 0.6) is 11.6 Å². The second-order valence-electron chi connectivity index (χ2n) is 14.5. The van der Waals surface area contributed by atoms with Crippen molar-refractivity contribution in [2.24, 2.45) is 5.41 Å². The molecule has 3 aromatic heterocycles. The number of benzene rings is 1. The van der Waals surface area contributed by atoms with Crippen molar-refractivity contribution in [1.29, 1.82) is 0 Å². The van der Waals surface area contributed by atoms with Gasteiger partial charge in [0.25, 0.3) is 5.88 Å². The van der Waals surface area contributed by atoms with Crippen LogP contribution in [0.4, 0.5) is 11.6 Å². The Balaban J connectivity index is 1.14. The third kappa shape index (κ3) is 9.30. The summed E-state index contributed by atoms with van der Waals surface area (Å²) >= 11 is 6.49. The third-order valence-corrected chi connectivity index (χ3v) is 9.55. The van der Waals surface area contributed by atoms with Gasteiger partial charge in [-0.05, 0) is 64.2 Å². The summed E-state index contributed by atoms with van der Waals surface area (Å²) in [5.41, 5.74) is 2.26. The number of nitrogens with zero attached hydrogens (tertiary/aromatic N) is 8. The Morgan fingerprint density at radius 3 is 2.42 bits per heavy atom. The van der Waals surface area contributed by atoms with E-state index in [1.54, 1.807) is 30.5 Å². The van der Waals surface area contributed by atoms with Crippen LogP contribution in [0, 0.1) is 5.41 Å². The summed E-state index contributed by atoms with van der Waals surface area (Å²) in [4.78, 5) is 15.9. The van der Waals surface area contributed by atoms with Crippen LogP contribution < -0.4 is 14.8 Å². The predicted octanol–water partition coefficient (Wildman–Crippen LogP) is 6.44. The van der Waals surface area contributed by atoms with E-state index in [1.807, 2.05) is 31.3 Å². The highest BCUT2D eigenvalue weighted by atomic mass is 35.5. The minimum atomic E-state index is -0.187. The van der Waals surface area contributed by atoms with Crippen molar-refractivity contribution in [3.8, 4) is 22.8 Å². The molecule has 2 fully saturated rings. The molecule has 0 radical (unpaired) electrons. The molecule has 6 rings (SSSR count). The van der Waals surface area contributed by atoms with Crippen molar-refractivity contribution in [3.63, 3.8) is 0 Å². The fourth-order valence-electron chi connectivity index (χ4n) is 6.93. The van der Waals surface area contributed by atoms with Gasteiger partial charge in [-0.3, -0.25) is 9.58 Å². The molecule has 1 saturated carbocycles. The van der Waals surface area contributed by atoms with E-state index in [0.29, 0.717) is 48.4 Å². The Bertz CT molecular complexity index is 1650. The zero-order valence-corrected chi connectivity index (χ0v) is 30.7. The first-order valence-corrected chi connectivity index (χ1v) is 17.9. The molecule has 0 amide bonds. The molecule has 2 aliphatic rings. The quantitative estimate of drug-likeness (QED) is 0.156. The van der Waals surface area contributed by atoms with Gasteiger partial charge in [0, 0.05) is 49.6 Å². The largest absolute Gasteiger partial charge is 0.487 e. The molecule has 14 heteroatoms. The van der Waals surface area contributed by atoms with Crippen molar-refractivity contribution in [2.45, 2.75) is 97.2 Å². The highest BCUT2D eigenvalue weighted by Gasteiger charge is 2.32. The van der Waals surface area contributed by atoms with Gasteiger partial charge < -0.3 is 24.3 Å². The molecule has 1 aliphatic carbocycles. The first-order chi connectivity index (χ1) is 24.0. The average Bonchev–Trinajstić information content (AvgIpc) is 3.75. The van der Waals surface area contributed by atoms with Crippen molar-refractivity contribution in [2.75, 3.05) is 38.7 Å². The number of nitrogens with one attached hydrogen (secondary N) is 1. The van der Waals surface area contributed by atoms with E-state index in [-0.39, 0.29) is 29.8 Å². The predicted molar refractivity (Wildman–Crippen MR) is 192 cm³/mol. The summed E-state index contributed by atoms with van der Waals surface area (Å²) in [6, 6.07) is 6.51. The molecule has 270 valence electrons. The number of anilines is 2. The van der Waals surface area contributed by atoms with Gasteiger partial charge in [-0.2, -0.15) is 5.10 Å². The molecule has 0 unspecified atom stereocenters. The van der Waals surface area contributed by atoms with Gasteiger partial charge in [-0.25, -0.2) is 19.6 Å². The first-order valence-electron chi connectivity index (χ1n) is 17.5. The molecule has 1 saturated heterocycles. The van der Waals surface area contributed by atoms with E-state index < -0.39 is 0 Å². The molecule has 1 aromatic carbocycles. The molecule has 3 atom stereocenters. The summed E-state index contributed by atoms with van der Waals surface area (Å²) in [7, 11) is 1.71. The van der Waals surface area contributed by atoms with Crippen LogP contribution in [0.1, 0.15) is 66.3 Å². The van der Waals surface area contributed by atoms with Crippen LogP contribution in [-0.4, -0.2) is 97.2 Å². The van der Waals surface area contributed by atoms with Crippen molar-refractivity contribution in [1.82, 2.24) is 39.4 Å². The van der Waals surface area contributed by atoms with Crippen LogP contribution in [0.3, 0.4) is 0 Å². The molecule has 0 bridgehead atoms. The smallest absolute Gasteiger partial charge is 0.256 e. The van der Waals surface area contributed by atoms with Crippen molar-refractivity contribution in [3.05, 3.63) is 54.5 Å². The fraction of sp³-hybridized carbons (Fsp3) is 0.583. The number of hydrogen-bond acceptors (Lipinski definition) is 11. The van der Waals surface area contributed by atoms with E-state index >= 15 is 0 Å². The minimum absolute atomic E-state index is 0.169. The van der Waals surface area contributed by atoms with Crippen LogP contribution >= 0.6 is 11.6 Å². The molecule has 1 aliphatic heterocycles. The molecule has 4 heterocycles. The van der Waals surface area contributed by atoms with Gasteiger partial charge in [0.1, 0.15) is 30.2 Å². The Labute approximate surface area is 299 Å². The lowest BCUT2D eigenvalue weighted by atomic mass is 9.89. The topological polar surface area (TPSA) is 127 Å². The van der Waals surface area contributed by atoms with Gasteiger partial charge >= 0.3 is 0 Å². The fourth-order valence-corrected chi connectivity index (χ4v) is 7.10. The summed E-state index contributed by atoms with van der Waals surface area (Å²) in [5, 5.41) is 13.0. The minimum Gasteiger partial charge on any atom is -0.487 e. The van der Waals surface area contributed by atoms with Gasteiger partial charge in [0.05, 0.1) is 49.2 Å². The van der Waals surface area contributed by atoms with Crippen LogP contribution in [0.15, 0.2) is 49.4 Å². The summed E-state index contributed by atoms with van der Waals surface area (Å²) in [6.07, 6.45) is 13.5. The number of methoxy groups -OCH3 is 1. The second kappa shape index (κ2) is 16.1. The Hall–Kier alpha value is -3.78. The molecule has 50 heavy (non-hydrogen) atoms. The van der Waals surface area contributed by atoms with E-state index in [2.05, 4.69) is 62.6 Å². The number of hydrogen-bond donors (Lipinski definition) is 1. The standard InChI is InChI=1S/C36H50ClN9O4/c1-24-16-44(17-25(2)49-24)29-8-10-30(11-9-29)46-19-32(34(43-46)48-21-36(4,5)20-47-6)42-35-39-14-28(15-40-35)27-7-12-31(37)33(13-27)50-26(3)18-45-23-38-22-41-45/h7,12-15,19,22-26,29-30H,8-11,16-18,20-21H2,1-6H3,(H,39,40,42)/t24-,25+,26-,29?,30?/m0/s1. The Morgan fingerprint density at radius 2 is 1.74 bits per heavy atom. The normalized spacial score (nSPS) is 22.3. The lowest BCUT2D eigenvalue weighted by molar-refractivity contribution is -0.0852. The van der Waals surface area contributed by atoms with Gasteiger partial charge in [-0.1, -0.05) is 31.5 Å². The molecular weight excluding hydrogens is 658 g/mol. The average molecular weight is 708 g/mol. The van der Waals surface area contributed by atoms with Gasteiger partial charge in [0.2, 0.25) is 5.95 Å². The van der Waals surface area contributed by atoms with E-state index in [9.17, 15) is 0 Å². The number of halogens is 1. The van der Waals surface area contributed by atoms with Crippen LogP contribution in [0.25, 0.3) is 11.1 Å². The number of rotatable bonds is 14. The number of morpholine rings is 1. The van der Waals surface area contributed by atoms with E-state index in [0.717, 1.165) is 55.6 Å². The number of ether oxygens (including phenoxy) is 4. The highest BCUT2D eigenvalue weighted by Crippen LogP contribution is 2.36. The Morgan fingerprint density at radius 1 is 1.02 bits per heavy atom. The van der Waals surface area contributed by atoms with Crippen molar-refractivity contribution >= 4 is 23.2 Å². The maximum atomic E-state index is 6.49. The van der Waals surface area contributed by atoms with E-state index in [1.165, 1.54) is 6.33 Å². The zero-order chi connectivity index (χ0) is 35.3. The van der Waals surface area contributed by atoms with Crippen LogP contribution in [-0.2, 0) is 16.0 Å². The lowest BCUT2D eigenvalue weighted by Crippen LogP contribution is -2.51. The second-order valence-corrected chi connectivity index (χ2v) is 14.9.